The van der Waals surface area contributed by atoms with Gasteiger partial charge in [-0.1, -0.05) is 23.9 Å². The largest absolute Gasteiger partial charge is 0.481 e. The third-order valence-corrected chi connectivity index (χ3v) is 3.68. The molecule has 3 rings (SSSR count). The number of benzene rings is 1. The predicted octanol–water partition coefficient (Wildman–Crippen LogP) is 2.51. The van der Waals surface area contributed by atoms with Gasteiger partial charge in [0, 0.05) is 17.2 Å². The molecule has 100 valence electrons. The molecule has 0 aliphatic rings. The van der Waals surface area contributed by atoms with Gasteiger partial charge in [-0.2, -0.15) is 5.10 Å². The van der Waals surface area contributed by atoms with Crippen molar-refractivity contribution in [3.63, 3.8) is 0 Å². The van der Waals surface area contributed by atoms with E-state index in [1.807, 2.05) is 42.6 Å². The molecule has 6 heteroatoms. The minimum absolute atomic E-state index is 0.0466. The van der Waals surface area contributed by atoms with E-state index in [2.05, 4.69) is 10.1 Å². The second-order valence-corrected chi connectivity index (χ2v) is 5.31. The highest BCUT2D eigenvalue weighted by molar-refractivity contribution is 7.99. The first-order valence-electron chi connectivity index (χ1n) is 6.00. The summed E-state index contributed by atoms with van der Waals surface area (Å²) in [6.07, 6.45) is 3.62. The first kappa shape index (κ1) is 12.7. The van der Waals surface area contributed by atoms with E-state index in [1.165, 1.54) is 11.8 Å². The van der Waals surface area contributed by atoms with Gasteiger partial charge >= 0.3 is 5.97 Å². The Labute approximate surface area is 119 Å². The molecule has 0 aliphatic carbocycles. The fourth-order valence-corrected chi connectivity index (χ4v) is 2.60. The number of carbonyl (C=O) groups is 1. The average Bonchev–Trinajstić information content (AvgIpc) is 2.88. The highest BCUT2D eigenvalue weighted by atomic mass is 32.2. The van der Waals surface area contributed by atoms with E-state index in [-0.39, 0.29) is 6.42 Å². The molecule has 0 spiro atoms. The number of nitrogens with zero attached hydrogens (tertiary/aromatic N) is 3. The summed E-state index contributed by atoms with van der Waals surface area (Å²) >= 11 is 1.53. The Morgan fingerprint density at radius 3 is 2.75 bits per heavy atom. The first-order valence-corrected chi connectivity index (χ1v) is 6.81. The number of carboxylic acids is 1. The van der Waals surface area contributed by atoms with Gasteiger partial charge in [-0.05, 0) is 23.8 Å². The minimum Gasteiger partial charge on any atom is -0.481 e. The van der Waals surface area contributed by atoms with Crippen molar-refractivity contribution < 1.29 is 9.90 Å². The Hall–Kier alpha value is -2.34. The number of hydrogen-bond donors (Lipinski definition) is 1. The van der Waals surface area contributed by atoms with Crippen molar-refractivity contribution >= 4 is 23.4 Å². The molecule has 2 heterocycles. The maximum absolute atomic E-state index is 10.6. The Morgan fingerprint density at radius 1 is 1.20 bits per heavy atom. The molecule has 1 aromatic carbocycles. The standard InChI is InChI=1S/C14H11N3O2S/c18-14(19)9-10-1-3-11(4-2-10)20-13-6-8-17-12(16-13)5-7-15-17/h1-8H,9H2,(H,18,19). The van der Waals surface area contributed by atoms with Crippen LogP contribution in [0.1, 0.15) is 5.56 Å². The van der Waals surface area contributed by atoms with E-state index >= 15 is 0 Å². The van der Waals surface area contributed by atoms with Crippen LogP contribution in [0.15, 0.2) is 58.7 Å². The summed E-state index contributed by atoms with van der Waals surface area (Å²) in [5.74, 6) is -0.821. The van der Waals surface area contributed by atoms with Crippen molar-refractivity contribution in [2.24, 2.45) is 0 Å². The molecule has 5 nitrogen and oxygen atoms in total. The Morgan fingerprint density at radius 2 is 2.00 bits per heavy atom. The van der Waals surface area contributed by atoms with Crippen LogP contribution in [-0.2, 0) is 11.2 Å². The SMILES string of the molecule is O=C(O)Cc1ccc(Sc2ccn3nccc3n2)cc1. The van der Waals surface area contributed by atoms with Crippen molar-refractivity contribution in [3.05, 3.63) is 54.4 Å². The van der Waals surface area contributed by atoms with Crippen LogP contribution in [0.25, 0.3) is 5.65 Å². The van der Waals surface area contributed by atoms with Crippen LogP contribution in [0.5, 0.6) is 0 Å². The van der Waals surface area contributed by atoms with Crippen molar-refractivity contribution in [2.45, 2.75) is 16.3 Å². The maximum Gasteiger partial charge on any atom is 0.307 e. The summed E-state index contributed by atoms with van der Waals surface area (Å²) in [5.41, 5.74) is 1.60. The van der Waals surface area contributed by atoms with Crippen LogP contribution in [0.4, 0.5) is 0 Å². The molecule has 0 amide bonds. The molecule has 0 fully saturated rings. The summed E-state index contributed by atoms with van der Waals surface area (Å²) in [5, 5.41) is 13.7. The molecule has 0 saturated carbocycles. The van der Waals surface area contributed by atoms with Crippen molar-refractivity contribution in [2.75, 3.05) is 0 Å². The zero-order valence-corrected chi connectivity index (χ0v) is 11.2. The molecule has 0 unspecified atom stereocenters. The lowest BCUT2D eigenvalue weighted by molar-refractivity contribution is -0.136. The first-order chi connectivity index (χ1) is 9.70. The highest BCUT2D eigenvalue weighted by Gasteiger charge is 2.03. The highest BCUT2D eigenvalue weighted by Crippen LogP contribution is 2.26. The number of aliphatic carboxylic acids is 1. The van der Waals surface area contributed by atoms with Crippen LogP contribution in [0.3, 0.4) is 0 Å². The van der Waals surface area contributed by atoms with Crippen LogP contribution in [-0.4, -0.2) is 25.7 Å². The molecule has 1 N–H and O–H groups in total. The third kappa shape index (κ3) is 2.80. The van der Waals surface area contributed by atoms with Crippen molar-refractivity contribution in [1.82, 2.24) is 14.6 Å². The molecule has 20 heavy (non-hydrogen) atoms. The average molecular weight is 285 g/mol. The quantitative estimate of drug-likeness (QED) is 0.746. The second-order valence-electron chi connectivity index (χ2n) is 4.22. The maximum atomic E-state index is 10.6. The van der Waals surface area contributed by atoms with Gasteiger partial charge in [0.15, 0.2) is 5.65 Å². The molecule has 0 radical (unpaired) electrons. The van der Waals surface area contributed by atoms with Crippen LogP contribution >= 0.6 is 11.8 Å². The van der Waals surface area contributed by atoms with Gasteiger partial charge in [-0.25, -0.2) is 9.50 Å². The van der Waals surface area contributed by atoms with Gasteiger partial charge in [-0.3, -0.25) is 4.79 Å². The van der Waals surface area contributed by atoms with E-state index in [1.54, 1.807) is 10.7 Å². The van der Waals surface area contributed by atoms with Gasteiger partial charge in [-0.15, -0.1) is 0 Å². The summed E-state index contributed by atoms with van der Waals surface area (Å²) in [6, 6.07) is 11.2. The second kappa shape index (κ2) is 5.34. The Kier molecular flexibility index (Phi) is 3.39. The molecule has 0 saturated heterocycles. The lowest BCUT2D eigenvalue weighted by atomic mass is 10.2. The summed E-state index contributed by atoms with van der Waals surface area (Å²) in [4.78, 5) is 16.1. The number of aromatic nitrogens is 3. The van der Waals surface area contributed by atoms with Gasteiger partial charge < -0.3 is 5.11 Å². The van der Waals surface area contributed by atoms with Crippen LogP contribution in [0, 0.1) is 0 Å². The number of fused-ring (bicyclic) bond motifs is 1. The lowest BCUT2D eigenvalue weighted by Crippen LogP contribution is -1.99. The molecule has 2 aromatic heterocycles. The van der Waals surface area contributed by atoms with Crippen LogP contribution < -0.4 is 0 Å². The smallest absolute Gasteiger partial charge is 0.307 e. The fraction of sp³-hybridized carbons (Fsp3) is 0.0714. The molecule has 0 aliphatic heterocycles. The number of hydrogen-bond acceptors (Lipinski definition) is 4. The third-order valence-electron chi connectivity index (χ3n) is 2.73. The lowest BCUT2D eigenvalue weighted by Gasteiger charge is -2.03. The van der Waals surface area contributed by atoms with Gasteiger partial charge in [0.25, 0.3) is 0 Å². The summed E-state index contributed by atoms with van der Waals surface area (Å²) in [6.45, 7) is 0. The molecular formula is C14H11N3O2S. The van der Waals surface area contributed by atoms with Gasteiger partial charge in [0.05, 0.1) is 12.6 Å². The number of rotatable bonds is 4. The molecule has 0 bridgehead atoms. The van der Waals surface area contributed by atoms with Crippen molar-refractivity contribution in [3.8, 4) is 0 Å². The molecule has 3 aromatic rings. The number of carboxylic acid groups (broad SMARTS) is 1. The van der Waals surface area contributed by atoms with E-state index in [4.69, 9.17) is 5.11 Å². The zero-order chi connectivity index (χ0) is 13.9. The normalized spacial score (nSPS) is 10.8. The van der Waals surface area contributed by atoms with E-state index in [9.17, 15) is 4.79 Å². The topological polar surface area (TPSA) is 67.5 Å². The van der Waals surface area contributed by atoms with E-state index in [0.29, 0.717) is 0 Å². The van der Waals surface area contributed by atoms with Crippen LogP contribution in [0.2, 0.25) is 0 Å². The van der Waals surface area contributed by atoms with E-state index in [0.717, 1.165) is 21.1 Å². The van der Waals surface area contributed by atoms with Gasteiger partial charge in [0.2, 0.25) is 0 Å². The predicted molar refractivity (Wildman–Crippen MR) is 74.9 cm³/mol. The monoisotopic (exact) mass is 285 g/mol. The van der Waals surface area contributed by atoms with Crippen molar-refractivity contribution in [1.29, 1.82) is 0 Å². The Bertz CT molecular complexity index is 752. The zero-order valence-electron chi connectivity index (χ0n) is 10.4. The van der Waals surface area contributed by atoms with Gasteiger partial charge in [0.1, 0.15) is 5.03 Å². The molecule has 0 atom stereocenters. The summed E-state index contributed by atoms with van der Waals surface area (Å²) in [7, 11) is 0. The molecular weight excluding hydrogens is 274 g/mol. The minimum atomic E-state index is -0.821. The Balaban J connectivity index is 1.78. The summed E-state index contributed by atoms with van der Waals surface area (Å²) < 4.78 is 1.71. The fourth-order valence-electron chi connectivity index (χ4n) is 1.82. The van der Waals surface area contributed by atoms with E-state index < -0.39 is 5.97 Å².